The molecule has 4 rings (SSSR count). The lowest BCUT2D eigenvalue weighted by Crippen LogP contribution is -2.44. The van der Waals surface area contributed by atoms with Gasteiger partial charge in [-0.25, -0.2) is 5.01 Å². The molecule has 7 heteroatoms. The zero-order chi connectivity index (χ0) is 23.4. The van der Waals surface area contributed by atoms with Crippen LogP contribution in [0.1, 0.15) is 48.9 Å². The Labute approximate surface area is 200 Å². The maximum absolute atomic E-state index is 13.5. The zero-order valence-corrected chi connectivity index (χ0v) is 19.9. The Kier molecular flexibility index (Phi) is 7.46. The monoisotopic (exact) mass is 467 g/mol. The highest BCUT2D eigenvalue weighted by atomic mass is 35.5. The van der Waals surface area contributed by atoms with Crippen molar-refractivity contribution in [2.75, 3.05) is 26.2 Å². The van der Waals surface area contributed by atoms with Crippen LogP contribution in [0.5, 0.6) is 0 Å². The van der Waals surface area contributed by atoms with Crippen LogP contribution in [0.2, 0.25) is 5.02 Å². The van der Waals surface area contributed by atoms with Crippen LogP contribution in [0.15, 0.2) is 53.6 Å². The summed E-state index contributed by atoms with van der Waals surface area (Å²) >= 11 is 6.52. The third-order valence-electron chi connectivity index (χ3n) is 6.27. The van der Waals surface area contributed by atoms with Crippen molar-refractivity contribution in [2.45, 2.75) is 39.2 Å². The van der Waals surface area contributed by atoms with Crippen LogP contribution in [0.25, 0.3) is 0 Å². The minimum absolute atomic E-state index is 0.0907. The molecule has 2 aromatic carbocycles. The van der Waals surface area contributed by atoms with E-state index >= 15 is 0 Å². The lowest BCUT2D eigenvalue weighted by Gasteiger charge is -2.32. The Morgan fingerprint density at radius 2 is 2.00 bits per heavy atom. The summed E-state index contributed by atoms with van der Waals surface area (Å²) in [5, 5.41) is 6.99. The Bertz CT molecular complexity index is 1050. The number of likely N-dealkylation sites (tertiary alicyclic amines) is 1. The molecule has 2 aliphatic heterocycles. The molecule has 1 amide bonds. The predicted molar refractivity (Wildman–Crippen MR) is 129 cm³/mol. The summed E-state index contributed by atoms with van der Waals surface area (Å²) in [6, 6.07) is 15.5. The molecule has 0 bridgehead atoms. The summed E-state index contributed by atoms with van der Waals surface area (Å²) in [7, 11) is 0. The number of hydrogen-bond acceptors (Lipinski definition) is 5. The number of nitrogens with zero attached hydrogens (tertiary/aromatic N) is 3. The van der Waals surface area contributed by atoms with Crippen LogP contribution < -0.4 is 0 Å². The first-order valence-electron chi connectivity index (χ1n) is 11.6. The van der Waals surface area contributed by atoms with Gasteiger partial charge < -0.3 is 4.74 Å². The molecule has 0 unspecified atom stereocenters. The summed E-state index contributed by atoms with van der Waals surface area (Å²) in [6.07, 6.45) is 2.26. The van der Waals surface area contributed by atoms with Gasteiger partial charge in [-0.15, -0.1) is 0 Å². The average molecular weight is 468 g/mol. The Morgan fingerprint density at radius 3 is 2.76 bits per heavy atom. The van der Waals surface area contributed by atoms with Crippen molar-refractivity contribution in [1.82, 2.24) is 9.91 Å². The van der Waals surface area contributed by atoms with Gasteiger partial charge in [-0.1, -0.05) is 59.6 Å². The zero-order valence-electron chi connectivity index (χ0n) is 19.2. The number of hydrogen-bond donors (Lipinski definition) is 0. The molecule has 0 aromatic heterocycles. The molecule has 1 fully saturated rings. The Balaban J connectivity index is 1.55. The van der Waals surface area contributed by atoms with Gasteiger partial charge in [0.15, 0.2) is 0 Å². The molecule has 0 radical (unpaired) electrons. The number of aryl methyl sites for hydroxylation is 1. The van der Waals surface area contributed by atoms with E-state index in [0.717, 1.165) is 41.8 Å². The second-order valence-electron chi connectivity index (χ2n) is 8.72. The lowest BCUT2D eigenvalue weighted by atomic mass is 9.97. The number of hydrazone groups is 1. The minimum atomic E-state index is -0.257. The van der Waals surface area contributed by atoms with E-state index in [0.29, 0.717) is 24.6 Å². The smallest absolute Gasteiger partial charge is 0.310 e. The number of carbonyl (C=O) groups is 2. The normalized spacial score (nSPS) is 21.1. The van der Waals surface area contributed by atoms with E-state index in [1.165, 1.54) is 0 Å². The highest BCUT2D eigenvalue weighted by Gasteiger charge is 2.36. The second-order valence-corrected chi connectivity index (χ2v) is 9.13. The lowest BCUT2D eigenvalue weighted by molar-refractivity contribution is -0.150. The first kappa shape index (κ1) is 23.5. The molecule has 6 nitrogen and oxygen atoms in total. The van der Waals surface area contributed by atoms with Crippen molar-refractivity contribution in [3.05, 3.63) is 70.2 Å². The number of rotatable bonds is 6. The number of carbonyl (C=O) groups excluding carboxylic acids is 2. The fraction of sp³-hybridized carbons (Fsp3) is 0.423. The van der Waals surface area contributed by atoms with Gasteiger partial charge in [0.25, 0.3) is 5.91 Å². The van der Waals surface area contributed by atoms with Crippen LogP contribution in [0.4, 0.5) is 0 Å². The summed E-state index contributed by atoms with van der Waals surface area (Å²) in [4.78, 5) is 27.7. The fourth-order valence-electron chi connectivity index (χ4n) is 4.64. The molecule has 1 saturated heterocycles. The Hall–Kier alpha value is -2.70. The van der Waals surface area contributed by atoms with Crippen LogP contribution in [0, 0.1) is 12.8 Å². The quantitative estimate of drug-likeness (QED) is 0.582. The molecule has 174 valence electrons. The average Bonchev–Trinajstić information content (AvgIpc) is 3.25. The summed E-state index contributed by atoms with van der Waals surface area (Å²) in [6.45, 7) is 5.75. The molecule has 0 aliphatic carbocycles. The van der Waals surface area contributed by atoms with Crippen molar-refractivity contribution in [3.63, 3.8) is 0 Å². The molecular formula is C26H30ClN3O3. The highest BCUT2D eigenvalue weighted by molar-refractivity contribution is 6.31. The molecule has 33 heavy (non-hydrogen) atoms. The van der Waals surface area contributed by atoms with Crippen LogP contribution in [0.3, 0.4) is 0 Å². The van der Waals surface area contributed by atoms with Crippen molar-refractivity contribution in [3.8, 4) is 0 Å². The Morgan fingerprint density at radius 1 is 1.18 bits per heavy atom. The molecule has 2 aliphatic rings. The molecule has 2 heterocycles. The minimum Gasteiger partial charge on any atom is -0.466 e. The standard InChI is InChI=1S/C26H30ClN3O3/c1-3-33-26(32)20-10-7-13-29(16-20)17-25(31)30-24(21-11-4-5-12-22(21)27)15-23(28-30)19-9-6-8-18(2)14-19/h4-6,8-9,11-12,14,20,24H,3,7,10,13,15-17H2,1-2H3/t20-,24-/m1/s1. The van der Waals surface area contributed by atoms with Gasteiger partial charge in [0.2, 0.25) is 0 Å². The second kappa shape index (κ2) is 10.5. The van der Waals surface area contributed by atoms with Gasteiger partial charge in [0.05, 0.1) is 30.8 Å². The number of esters is 1. The molecule has 2 aromatic rings. The largest absolute Gasteiger partial charge is 0.466 e. The molecule has 0 saturated carbocycles. The summed E-state index contributed by atoms with van der Waals surface area (Å²) < 4.78 is 5.20. The maximum atomic E-state index is 13.5. The number of benzene rings is 2. The van der Waals surface area contributed by atoms with E-state index < -0.39 is 0 Å². The van der Waals surface area contributed by atoms with Crippen molar-refractivity contribution in [1.29, 1.82) is 0 Å². The van der Waals surface area contributed by atoms with Gasteiger partial charge in [-0.05, 0) is 50.4 Å². The van der Waals surface area contributed by atoms with Gasteiger partial charge in [0, 0.05) is 18.0 Å². The third-order valence-corrected chi connectivity index (χ3v) is 6.61. The molecule has 0 spiro atoms. The number of ether oxygens (including phenoxy) is 1. The van der Waals surface area contributed by atoms with E-state index in [1.54, 1.807) is 5.01 Å². The fourth-order valence-corrected chi connectivity index (χ4v) is 4.90. The first-order valence-corrected chi connectivity index (χ1v) is 11.9. The highest BCUT2D eigenvalue weighted by Crippen LogP contribution is 2.36. The van der Waals surface area contributed by atoms with E-state index in [2.05, 4.69) is 6.07 Å². The van der Waals surface area contributed by atoms with E-state index in [1.807, 2.05) is 61.2 Å². The van der Waals surface area contributed by atoms with Crippen molar-refractivity contribution < 1.29 is 14.3 Å². The maximum Gasteiger partial charge on any atom is 0.310 e. The van der Waals surface area contributed by atoms with E-state index in [9.17, 15) is 9.59 Å². The van der Waals surface area contributed by atoms with Crippen LogP contribution in [-0.2, 0) is 14.3 Å². The molecular weight excluding hydrogens is 438 g/mol. The summed E-state index contributed by atoms with van der Waals surface area (Å²) in [5.41, 5.74) is 3.93. The molecule has 0 N–H and O–H groups in total. The predicted octanol–water partition coefficient (Wildman–Crippen LogP) is 4.60. The number of amides is 1. The van der Waals surface area contributed by atoms with Crippen molar-refractivity contribution >= 4 is 29.2 Å². The third kappa shape index (κ3) is 5.45. The molecule has 2 atom stereocenters. The van der Waals surface area contributed by atoms with E-state index in [4.69, 9.17) is 21.4 Å². The van der Waals surface area contributed by atoms with Crippen LogP contribution in [-0.4, -0.2) is 53.7 Å². The first-order chi connectivity index (χ1) is 16.0. The van der Waals surface area contributed by atoms with Gasteiger partial charge in [-0.3, -0.25) is 14.5 Å². The SMILES string of the molecule is CCOC(=O)[C@@H]1CCCN(CC(=O)N2N=C(c3cccc(C)c3)C[C@@H]2c2ccccc2Cl)C1. The van der Waals surface area contributed by atoms with Gasteiger partial charge in [0.1, 0.15) is 0 Å². The number of piperidine rings is 1. The van der Waals surface area contributed by atoms with Crippen molar-refractivity contribution in [2.24, 2.45) is 11.0 Å². The number of halogens is 1. The van der Waals surface area contributed by atoms with Crippen LogP contribution >= 0.6 is 11.6 Å². The van der Waals surface area contributed by atoms with Gasteiger partial charge in [-0.2, -0.15) is 5.10 Å². The van der Waals surface area contributed by atoms with E-state index in [-0.39, 0.29) is 30.4 Å². The topological polar surface area (TPSA) is 62.2 Å². The van der Waals surface area contributed by atoms with Gasteiger partial charge >= 0.3 is 5.97 Å². The summed E-state index contributed by atoms with van der Waals surface area (Å²) in [5.74, 6) is -0.451.